The van der Waals surface area contributed by atoms with Crippen molar-refractivity contribution in [1.82, 2.24) is 35.3 Å². The molecule has 0 fully saturated rings. The van der Waals surface area contributed by atoms with Gasteiger partial charge in [0, 0.05) is 20.0 Å². The molecule has 1 aliphatic rings. The van der Waals surface area contributed by atoms with Crippen molar-refractivity contribution in [2.75, 3.05) is 7.05 Å². The van der Waals surface area contributed by atoms with Gasteiger partial charge in [0.15, 0.2) is 5.82 Å². The number of fused-ring (bicyclic) bond motifs is 1. The first-order chi connectivity index (χ1) is 10.7. The molecule has 0 bridgehead atoms. The van der Waals surface area contributed by atoms with Gasteiger partial charge < -0.3 is 9.32 Å². The maximum Gasteiger partial charge on any atom is 0.235 e. The summed E-state index contributed by atoms with van der Waals surface area (Å²) in [4.78, 5) is 14.3. The molecule has 3 rings (SSSR count). The van der Waals surface area contributed by atoms with E-state index in [9.17, 15) is 4.79 Å². The summed E-state index contributed by atoms with van der Waals surface area (Å²) in [5.41, 5.74) is 0. The van der Waals surface area contributed by atoms with E-state index < -0.39 is 0 Å². The predicted molar refractivity (Wildman–Crippen MR) is 74.6 cm³/mol. The first kappa shape index (κ1) is 14.6. The van der Waals surface area contributed by atoms with Crippen molar-refractivity contribution in [1.29, 1.82) is 0 Å². The van der Waals surface area contributed by atoms with Crippen molar-refractivity contribution in [3.05, 3.63) is 17.6 Å². The van der Waals surface area contributed by atoms with E-state index in [0.29, 0.717) is 30.6 Å². The van der Waals surface area contributed by atoms with Gasteiger partial charge >= 0.3 is 0 Å². The molecule has 3 heterocycles. The molecule has 0 aliphatic carbocycles. The SMILES string of the molecule is CCc1nnc(CN(C)C(=O)[C@H]2CCCCn3nnnc32)o1. The first-order valence-corrected chi connectivity index (χ1v) is 7.51. The minimum atomic E-state index is -0.309. The fraction of sp³-hybridized carbons (Fsp3) is 0.692. The van der Waals surface area contributed by atoms with Gasteiger partial charge in [0.05, 0.1) is 12.5 Å². The summed E-state index contributed by atoms with van der Waals surface area (Å²) < 4.78 is 7.19. The molecular formula is C13H19N7O2. The minimum absolute atomic E-state index is 0.0193. The Morgan fingerprint density at radius 1 is 1.32 bits per heavy atom. The monoisotopic (exact) mass is 305 g/mol. The van der Waals surface area contributed by atoms with Crippen LogP contribution < -0.4 is 0 Å². The molecule has 1 amide bonds. The number of hydrogen-bond donors (Lipinski definition) is 0. The van der Waals surface area contributed by atoms with Crippen LogP contribution in [0.3, 0.4) is 0 Å². The normalized spacial score (nSPS) is 17.8. The number of hydrogen-bond acceptors (Lipinski definition) is 7. The summed E-state index contributed by atoms with van der Waals surface area (Å²) in [6.45, 7) is 3.00. The molecule has 0 saturated heterocycles. The molecule has 118 valence electrons. The third kappa shape index (κ3) is 2.83. The summed E-state index contributed by atoms with van der Waals surface area (Å²) in [5.74, 6) is 1.34. The summed E-state index contributed by atoms with van der Waals surface area (Å²) in [7, 11) is 1.73. The molecule has 0 N–H and O–H groups in total. The van der Waals surface area contributed by atoms with Crippen LogP contribution in [0.5, 0.6) is 0 Å². The zero-order valence-electron chi connectivity index (χ0n) is 12.8. The lowest BCUT2D eigenvalue weighted by molar-refractivity contribution is -0.132. The van der Waals surface area contributed by atoms with E-state index in [2.05, 4.69) is 25.7 Å². The van der Waals surface area contributed by atoms with Crippen molar-refractivity contribution in [3.63, 3.8) is 0 Å². The molecule has 22 heavy (non-hydrogen) atoms. The fourth-order valence-corrected chi connectivity index (χ4v) is 2.64. The molecule has 9 heteroatoms. The summed E-state index contributed by atoms with van der Waals surface area (Å²) in [5, 5.41) is 19.5. The summed E-state index contributed by atoms with van der Waals surface area (Å²) >= 11 is 0. The van der Waals surface area contributed by atoms with Crippen LogP contribution in [-0.2, 0) is 24.3 Å². The van der Waals surface area contributed by atoms with Crippen LogP contribution in [0.25, 0.3) is 0 Å². The topological polar surface area (TPSA) is 103 Å². The first-order valence-electron chi connectivity index (χ1n) is 7.51. The van der Waals surface area contributed by atoms with Gasteiger partial charge in [-0.15, -0.1) is 15.3 Å². The van der Waals surface area contributed by atoms with E-state index in [4.69, 9.17) is 4.42 Å². The van der Waals surface area contributed by atoms with Crippen LogP contribution in [-0.4, -0.2) is 48.3 Å². The number of carbonyl (C=O) groups excluding carboxylic acids is 1. The van der Waals surface area contributed by atoms with Crippen molar-refractivity contribution in [3.8, 4) is 0 Å². The molecule has 0 unspecified atom stereocenters. The number of carbonyl (C=O) groups is 1. The van der Waals surface area contributed by atoms with Crippen LogP contribution in [0.1, 0.15) is 49.7 Å². The Hall–Kier alpha value is -2.32. The average Bonchev–Trinajstić information content (AvgIpc) is 3.12. The lowest BCUT2D eigenvalue weighted by atomic mass is 10.0. The van der Waals surface area contributed by atoms with Gasteiger partial charge in [-0.1, -0.05) is 13.3 Å². The second-order valence-electron chi connectivity index (χ2n) is 5.45. The molecule has 1 atom stereocenters. The number of tetrazole rings is 1. The zero-order valence-corrected chi connectivity index (χ0v) is 12.8. The van der Waals surface area contributed by atoms with Crippen molar-refractivity contribution in [2.24, 2.45) is 0 Å². The highest BCUT2D eigenvalue weighted by molar-refractivity contribution is 5.82. The number of nitrogens with zero attached hydrogens (tertiary/aromatic N) is 7. The third-order valence-electron chi connectivity index (χ3n) is 3.84. The maximum absolute atomic E-state index is 12.7. The van der Waals surface area contributed by atoms with Crippen molar-refractivity contribution >= 4 is 5.91 Å². The number of rotatable bonds is 4. The van der Waals surface area contributed by atoms with Gasteiger partial charge in [0.2, 0.25) is 17.7 Å². The van der Waals surface area contributed by atoms with Gasteiger partial charge in [-0.2, -0.15) is 0 Å². The van der Waals surface area contributed by atoms with Gasteiger partial charge in [-0.05, 0) is 23.3 Å². The van der Waals surface area contributed by atoms with E-state index in [1.54, 1.807) is 16.6 Å². The highest BCUT2D eigenvalue weighted by Crippen LogP contribution is 2.26. The molecule has 2 aromatic rings. The Balaban J connectivity index is 1.73. The lowest BCUT2D eigenvalue weighted by Gasteiger charge is -2.20. The fourth-order valence-electron chi connectivity index (χ4n) is 2.64. The van der Waals surface area contributed by atoms with Gasteiger partial charge in [0.25, 0.3) is 0 Å². The second-order valence-corrected chi connectivity index (χ2v) is 5.45. The van der Waals surface area contributed by atoms with Crippen LogP contribution in [0, 0.1) is 0 Å². The second kappa shape index (κ2) is 6.20. The molecule has 2 aromatic heterocycles. The minimum Gasteiger partial charge on any atom is -0.423 e. The van der Waals surface area contributed by atoms with E-state index in [-0.39, 0.29) is 11.8 Å². The highest BCUT2D eigenvalue weighted by Gasteiger charge is 2.31. The van der Waals surface area contributed by atoms with Crippen molar-refractivity contribution < 1.29 is 9.21 Å². The third-order valence-corrected chi connectivity index (χ3v) is 3.84. The van der Waals surface area contributed by atoms with Gasteiger partial charge in [-0.25, -0.2) is 4.68 Å². The Morgan fingerprint density at radius 2 is 2.14 bits per heavy atom. The Morgan fingerprint density at radius 3 is 2.91 bits per heavy atom. The molecule has 9 nitrogen and oxygen atoms in total. The average molecular weight is 305 g/mol. The molecule has 0 spiro atoms. The summed E-state index contributed by atoms with van der Waals surface area (Å²) in [6, 6.07) is 0. The lowest BCUT2D eigenvalue weighted by Crippen LogP contribution is -2.32. The molecular weight excluding hydrogens is 286 g/mol. The number of aryl methyl sites for hydroxylation is 2. The van der Waals surface area contributed by atoms with E-state index in [1.165, 1.54) is 0 Å². The quantitative estimate of drug-likeness (QED) is 0.812. The Kier molecular flexibility index (Phi) is 4.12. The zero-order chi connectivity index (χ0) is 15.5. The predicted octanol–water partition coefficient (Wildman–Crippen LogP) is 0.545. The van der Waals surface area contributed by atoms with Gasteiger partial charge in [0.1, 0.15) is 0 Å². The Labute approximate surface area is 127 Å². The molecule has 0 radical (unpaired) electrons. The highest BCUT2D eigenvalue weighted by atomic mass is 16.4. The van der Waals surface area contributed by atoms with Crippen LogP contribution >= 0.6 is 0 Å². The molecule has 0 saturated carbocycles. The van der Waals surface area contributed by atoms with Crippen LogP contribution in [0.2, 0.25) is 0 Å². The van der Waals surface area contributed by atoms with Crippen molar-refractivity contribution in [2.45, 2.75) is 51.6 Å². The van der Waals surface area contributed by atoms with Gasteiger partial charge in [-0.3, -0.25) is 4.79 Å². The number of amides is 1. The van der Waals surface area contributed by atoms with Crippen LogP contribution in [0.4, 0.5) is 0 Å². The number of aromatic nitrogens is 6. The van der Waals surface area contributed by atoms with Crippen LogP contribution in [0.15, 0.2) is 4.42 Å². The number of likely N-dealkylation sites (N-methyl/N-ethyl adjacent to an activating group) is 1. The Bertz CT molecular complexity index is 650. The van der Waals surface area contributed by atoms with E-state index >= 15 is 0 Å². The molecule has 1 aliphatic heterocycles. The van der Waals surface area contributed by atoms with E-state index in [0.717, 1.165) is 25.8 Å². The maximum atomic E-state index is 12.7. The smallest absolute Gasteiger partial charge is 0.235 e. The summed E-state index contributed by atoms with van der Waals surface area (Å²) in [6.07, 6.45) is 3.39. The molecule has 0 aromatic carbocycles. The largest absolute Gasteiger partial charge is 0.423 e. The standard InChI is InChI=1S/C13H19N7O2/c1-3-10-14-15-11(22-10)8-19(2)13(21)9-6-4-5-7-20-12(9)16-17-18-20/h9H,3-8H2,1-2H3/t9-/m0/s1. The van der Waals surface area contributed by atoms with E-state index in [1.807, 2.05) is 6.92 Å².